The van der Waals surface area contributed by atoms with Gasteiger partial charge in [-0.05, 0) is 12.1 Å². The molecule has 0 unspecified atom stereocenters. The van der Waals surface area contributed by atoms with Crippen LogP contribution in [0.5, 0.6) is 0 Å². The van der Waals surface area contributed by atoms with Crippen molar-refractivity contribution >= 4 is 21.9 Å². The molecule has 0 atom stereocenters. The number of sulfonamides is 1. The largest absolute Gasteiger partial charge is 0.455 e. The molecule has 0 saturated heterocycles. The van der Waals surface area contributed by atoms with Crippen LogP contribution in [0.1, 0.15) is 0 Å². The van der Waals surface area contributed by atoms with Crippen molar-refractivity contribution in [2.45, 2.75) is 11.1 Å². The van der Waals surface area contributed by atoms with Crippen LogP contribution in [0.4, 0.5) is 13.2 Å². The first-order valence-corrected chi connectivity index (χ1v) is 7.62. The molecule has 7 nitrogen and oxygen atoms in total. The molecule has 0 fully saturated rings. The normalized spacial score (nSPS) is 11.8. The second-order valence-electron chi connectivity index (χ2n) is 4.19. The monoisotopic (exact) mass is 354 g/mol. The van der Waals surface area contributed by atoms with Crippen molar-refractivity contribution < 1.29 is 35.9 Å². The fraction of sp³-hybridized carbons (Fsp3) is 0.333. The summed E-state index contributed by atoms with van der Waals surface area (Å²) in [5.41, 5.74) is 0. The molecule has 2 N–H and O–H groups in total. The third-order valence-corrected chi connectivity index (χ3v) is 3.73. The average Bonchev–Trinajstić information content (AvgIpc) is 2.49. The van der Waals surface area contributed by atoms with Gasteiger partial charge in [0, 0.05) is 0 Å². The van der Waals surface area contributed by atoms with Crippen molar-refractivity contribution in [2.75, 3.05) is 19.7 Å². The predicted molar refractivity (Wildman–Crippen MR) is 71.7 cm³/mol. The third-order valence-electron chi connectivity index (χ3n) is 2.31. The van der Waals surface area contributed by atoms with Gasteiger partial charge in [0.05, 0.1) is 4.90 Å². The molecule has 0 saturated carbocycles. The molecular weight excluding hydrogens is 341 g/mol. The van der Waals surface area contributed by atoms with E-state index in [1.54, 1.807) is 6.07 Å². The number of esters is 1. The van der Waals surface area contributed by atoms with Gasteiger partial charge in [-0.3, -0.25) is 9.59 Å². The summed E-state index contributed by atoms with van der Waals surface area (Å²) < 4.78 is 65.3. The zero-order valence-electron chi connectivity index (χ0n) is 11.6. The van der Waals surface area contributed by atoms with Crippen LogP contribution in [0.15, 0.2) is 35.2 Å². The van der Waals surface area contributed by atoms with E-state index in [4.69, 9.17) is 0 Å². The minimum absolute atomic E-state index is 0.0734. The van der Waals surface area contributed by atoms with E-state index in [-0.39, 0.29) is 4.90 Å². The molecular formula is C12H13F3N2O5S. The van der Waals surface area contributed by atoms with Gasteiger partial charge in [-0.2, -0.15) is 17.9 Å². The van der Waals surface area contributed by atoms with Crippen molar-refractivity contribution in [1.82, 2.24) is 10.0 Å². The number of amides is 1. The van der Waals surface area contributed by atoms with Crippen molar-refractivity contribution in [1.29, 1.82) is 0 Å². The summed E-state index contributed by atoms with van der Waals surface area (Å²) in [7, 11) is -3.92. The summed E-state index contributed by atoms with van der Waals surface area (Å²) in [6.45, 7) is -3.25. The minimum atomic E-state index is -4.58. The first-order chi connectivity index (χ1) is 10.6. The smallest absolute Gasteiger partial charge is 0.405 e. The van der Waals surface area contributed by atoms with Crippen LogP contribution in [0.3, 0.4) is 0 Å². The van der Waals surface area contributed by atoms with Gasteiger partial charge in [0.1, 0.15) is 13.1 Å². The molecule has 0 spiro atoms. The number of halogens is 3. The summed E-state index contributed by atoms with van der Waals surface area (Å²) in [5, 5.41) is 1.50. The van der Waals surface area contributed by atoms with Crippen molar-refractivity contribution in [3.8, 4) is 0 Å². The zero-order valence-corrected chi connectivity index (χ0v) is 12.4. The molecule has 0 bridgehead atoms. The first kappa shape index (κ1) is 18.9. The molecule has 0 radical (unpaired) electrons. The Hall–Kier alpha value is -2.14. The Labute approximate surface area is 129 Å². The Balaban J connectivity index is 2.36. The number of nitrogens with one attached hydrogen (secondary N) is 2. The second kappa shape index (κ2) is 7.92. The van der Waals surface area contributed by atoms with E-state index in [1.807, 2.05) is 4.72 Å². The van der Waals surface area contributed by atoms with E-state index < -0.39 is 47.8 Å². The molecule has 0 heterocycles. The summed E-state index contributed by atoms with van der Waals surface area (Å²) in [4.78, 5) is 22.2. The number of hydrogen-bond acceptors (Lipinski definition) is 5. The van der Waals surface area contributed by atoms with E-state index in [1.165, 1.54) is 29.6 Å². The molecule has 1 aromatic rings. The Morgan fingerprint density at radius 1 is 1.13 bits per heavy atom. The molecule has 0 aliphatic heterocycles. The molecule has 0 aliphatic carbocycles. The maximum absolute atomic E-state index is 11.8. The molecule has 23 heavy (non-hydrogen) atoms. The highest BCUT2D eigenvalue weighted by Crippen LogP contribution is 2.12. The number of hydrogen-bond donors (Lipinski definition) is 2. The summed E-state index contributed by atoms with van der Waals surface area (Å²) in [5.74, 6) is -2.26. The lowest BCUT2D eigenvalue weighted by atomic mass is 10.4. The van der Waals surface area contributed by atoms with E-state index in [9.17, 15) is 31.2 Å². The Kier molecular flexibility index (Phi) is 6.51. The van der Waals surface area contributed by atoms with E-state index >= 15 is 0 Å². The lowest BCUT2D eigenvalue weighted by Crippen LogP contribution is -2.37. The van der Waals surface area contributed by atoms with Crippen molar-refractivity contribution in [3.05, 3.63) is 30.3 Å². The van der Waals surface area contributed by atoms with Crippen LogP contribution >= 0.6 is 0 Å². The van der Waals surface area contributed by atoms with Gasteiger partial charge in [0.2, 0.25) is 10.0 Å². The number of benzene rings is 1. The van der Waals surface area contributed by atoms with Gasteiger partial charge >= 0.3 is 12.1 Å². The summed E-state index contributed by atoms with van der Waals surface area (Å²) >= 11 is 0. The molecule has 0 aromatic heterocycles. The van der Waals surface area contributed by atoms with Crippen LogP contribution in [0.2, 0.25) is 0 Å². The highest BCUT2D eigenvalue weighted by molar-refractivity contribution is 7.89. The third kappa shape index (κ3) is 7.61. The van der Waals surface area contributed by atoms with Crippen LogP contribution in [-0.4, -0.2) is 46.2 Å². The fourth-order valence-corrected chi connectivity index (χ4v) is 2.27. The van der Waals surface area contributed by atoms with Gasteiger partial charge in [-0.25, -0.2) is 8.42 Å². The summed E-state index contributed by atoms with van der Waals surface area (Å²) in [6, 6.07) is 7.18. The van der Waals surface area contributed by atoms with Crippen LogP contribution in [0.25, 0.3) is 0 Å². The molecule has 128 valence electrons. The van der Waals surface area contributed by atoms with Gasteiger partial charge in [0.15, 0.2) is 6.61 Å². The predicted octanol–water partition coefficient (Wildman–Crippen LogP) is 0.187. The molecule has 1 aromatic carbocycles. The number of ether oxygens (including phenoxy) is 1. The number of carbonyl (C=O) groups excluding carboxylic acids is 2. The number of carbonyl (C=O) groups is 2. The highest BCUT2D eigenvalue weighted by Gasteiger charge is 2.27. The SMILES string of the molecule is O=C(COC(=O)CNS(=O)(=O)c1ccccc1)NCC(F)(F)F. The Bertz CT molecular complexity index is 646. The number of alkyl halides is 3. The summed E-state index contributed by atoms with van der Waals surface area (Å²) in [6.07, 6.45) is -4.58. The number of rotatable bonds is 7. The average molecular weight is 354 g/mol. The van der Waals surface area contributed by atoms with Crippen LogP contribution < -0.4 is 10.0 Å². The maximum Gasteiger partial charge on any atom is 0.405 e. The van der Waals surface area contributed by atoms with E-state index in [0.29, 0.717) is 0 Å². The van der Waals surface area contributed by atoms with Gasteiger partial charge in [0.25, 0.3) is 5.91 Å². The second-order valence-corrected chi connectivity index (χ2v) is 5.96. The lowest BCUT2D eigenvalue weighted by Gasteiger charge is -2.09. The quantitative estimate of drug-likeness (QED) is 0.681. The van der Waals surface area contributed by atoms with Crippen LogP contribution in [-0.2, 0) is 24.3 Å². The lowest BCUT2D eigenvalue weighted by molar-refractivity contribution is -0.150. The highest BCUT2D eigenvalue weighted by atomic mass is 32.2. The fourth-order valence-electron chi connectivity index (χ4n) is 1.28. The molecule has 0 aliphatic rings. The van der Waals surface area contributed by atoms with E-state index in [2.05, 4.69) is 4.74 Å². The van der Waals surface area contributed by atoms with Gasteiger partial charge in [-0.15, -0.1) is 0 Å². The van der Waals surface area contributed by atoms with Gasteiger partial charge in [-0.1, -0.05) is 18.2 Å². The van der Waals surface area contributed by atoms with Crippen molar-refractivity contribution in [3.63, 3.8) is 0 Å². The maximum atomic E-state index is 11.8. The first-order valence-electron chi connectivity index (χ1n) is 6.14. The Morgan fingerprint density at radius 2 is 1.74 bits per heavy atom. The molecule has 1 amide bonds. The van der Waals surface area contributed by atoms with Gasteiger partial charge < -0.3 is 10.1 Å². The zero-order chi connectivity index (χ0) is 17.5. The topological polar surface area (TPSA) is 102 Å². The Morgan fingerprint density at radius 3 is 2.30 bits per heavy atom. The standard InChI is InChI=1S/C12H13F3N2O5S/c13-12(14,15)8-16-10(18)7-22-11(19)6-17-23(20,21)9-4-2-1-3-5-9/h1-5,17H,6-8H2,(H,16,18). The molecule has 1 rings (SSSR count). The minimum Gasteiger partial charge on any atom is -0.455 e. The van der Waals surface area contributed by atoms with Crippen molar-refractivity contribution in [2.24, 2.45) is 0 Å². The van der Waals surface area contributed by atoms with Crippen LogP contribution in [0, 0.1) is 0 Å². The molecule has 11 heteroatoms. The van der Waals surface area contributed by atoms with E-state index in [0.717, 1.165) is 0 Å².